The summed E-state index contributed by atoms with van der Waals surface area (Å²) in [6.45, 7) is 4.28. The van der Waals surface area contributed by atoms with Crippen LogP contribution in [0.3, 0.4) is 0 Å². The van der Waals surface area contributed by atoms with Crippen molar-refractivity contribution in [3.63, 3.8) is 0 Å². The number of anilines is 2. The van der Waals surface area contributed by atoms with Gasteiger partial charge in [0.25, 0.3) is 5.91 Å². The molecule has 9 nitrogen and oxygen atoms in total. The molecule has 1 aromatic heterocycles. The zero-order valence-corrected chi connectivity index (χ0v) is 28.6. The second-order valence-corrected chi connectivity index (χ2v) is 12.7. The second-order valence-electron chi connectivity index (χ2n) is 12.3. The lowest BCUT2D eigenvalue weighted by atomic mass is 9.99. The number of benzene rings is 4. The molecule has 0 spiro atoms. The van der Waals surface area contributed by atoms with Gasteiger partial charge < -0.3 is 43.1 Å². The average molecular weight is 700 g/mol. The molecule has 0 radical (unpaired) electrons. The van der Waals surface area contributed by atoms with Crippen molar-refractivity contribution in [2.75, 3.05) is 24.6 Å². The zero-order chi connectivity index (χ0) is 33.3. The van der Waals surface area contributed by atoms with E-state index < -0.39 is 5.91 Å². The lowest BCUT2D eigenvalue weighted by molar-refractivity contribution is -0.958. The molecule has 1 fully saturated rings. The number of hydrogen-bond donors (Lipinski definition) is 3. The van der Waals surface area contributed by atoms with Gasteiger partial charge in [-0.1, -0.05) is 72.3 Å². The fraction of sp³-hybridized carbons (Fsp3) is 0.237. The van der Waals surface area contributed by atoms with Crippen molar-refractivity contribution in [2.45, 2.75) is 45.2 Å². The predicted octanol–water partition coefficient (Wildman–Crippen LogP) is 3.57. The number of hydrogen-bond acceptors (Lipinski definition) is 7. The molecule has 0 saturated carbocycles. The molecule has 49 heavy (non-hydrogen) atoms. The molecule has 0 bridgehead atoms. The number of ether oxygens (including phenoxy) is 2. The second kappa shape index (κ2) is 16.5. The first-order valence-electron chi connectivity index (χ1n) is 16.1. The van der Waals surface area contributed by atoms with E-state index in [0.717, 1.165) is 66.1 Å². The van der Waals surface area contributed by atoms with Crippen LogP contribution in [0.1, 0.15) is 45.6 Å². The summed E-state index contributed by atoms with van der Waals surface area (Å²) in [4.78, 5) is 21.4. The van der Waals surface area contributed by atoms with Crippen molar-refractivity contribution in [1.29, 1.82) is 0 Å². The van der Waals surface area contributed by atoms with Crippen molar-refractivity contribution in [3.05, 3.63) is 142 Å². The van der Waals surface area contributed by atoms with Gasteiger partial charge in [0.1, 0.15) is 37.8 Å². The minimum atomic E-state index is -0.410. The van der Waals surface area contributed by atoms with E-state index in [2.05, 4.69) is 63.8 Å². The molecular weight excluding hydrogens is 659 g/mol. The van der Waals surface area contributed by atoms with Crippen molar-refractivity contribution in [3.8, 4) is 11.5 Å². The molecular formula is C38H40Cl2N6O3. The maximum atomic E-state index is 13.3. The quantitative estimate of drug-likeness (QED) is 0.170. The van der Waals surface area contributed by atoms with E-state index in [0.29, 0.717) is 13.2 Å². The summed E-state index contributed by atoms with van der Waals surface area (Å²) in [7, 11) is 0. The molecule has 11 heteroatoms. The Morgan fingerprint density at radius 1 is 0.735 bits per heavy atom. The first-order chi connectivity index (χ1) is 23.3. The largest absolute Gasteiger partial charge is 1.00 e. The number of carbonyl (C=O) groups is 1. The van der Waals surface area contributed by atoms with Gasteiger partial charge in [-0.2, -0.15) is 0 Å². The van der Waals surface area contributed by atoms with Gasteiger partial charge in [0.2, 0.25) is 0 Å². The minimum absolute atomic E-state index is 0. The zero-order valence-electron chi connectivity index (χ0n) is 27.1. The number of piperidine rings is 1. The highest BCUT2D eigenvalue weighted by molar-refractivity contribution is 6.31. The maximum absolute atomic E-state index is 13.3. The highest BCUT2D eigenvalue weighted by Crippen LogP contribution is 2.29. The molecule has 1 amide bonds. The van der Waals surface area contributed by atoms with Crippen LogP contribution in [0, 0.1) is 0 Å². The molecule has 5 N–H and O–H groups in total. The number of amides is 1. The number of carbonyl (C=O) groups excluding carboxylic acids is 1. The Kier molecular flexibility index (Phi) is 12.0. The highest BCUT2D eigenvalue weighted by Gasteiger charge is 2.37. The van der Waals surface area contributed by atoms with Crippen LogP contribution < -0.4 is 38.7 Å². The van der Waals surface area contributed by atoms with E-state index in [1.54, 1.807) is 0 Å². The Morgan fingerprint density at radius 3 is 1.76 bits per heavy atom. The Balaban J connectivity index is 0.00000468. The number of nitrogen functional groups attached to an aromatic ring is 2. The smallest absolute Gasteiger partial charge is 0.274 e. The van der Waals surface area contributed by atoms with Crippen LogP contribution in [0.2, 0.25) is 5.15 Å². The summed E-state index contributed by atoms with van der Waals surface area (Å²) in [5.74, 6) is 1.18. The third-order valence-electron chi connectivity index (χ3n) is 8.63. The van der Waals surface area contributed by atoms with Crippen LogP contribution in [0.25, 0.3) is 0 Å². The molecule has 1 atom stereocenters. The van der Waals surface area contributed by atoms with Crippen LogP contribution in [0.15, 0.2) is 109 Å². The molecule has 0 aliphatic carbocycles. The van der Waals surface area contributed by atoms with E-state index in [1.807, 2.05) is 60.7 Å². The summed E-state index contributed by atoms with van der Waals surface area (Å²) in [5.41, 5.74) is 16.3. The Bertz CT molecular complexity index is 1720. The fourth-order valence-electron chi connectivity index (χ4n) is 6.29. The Labute approximate surface area is 298 Å². The van der Waals surface area contributed by atoms with E-state index in [-0.39, 0.29) is 40.9 Å². The topological polar surface area (TPSA) is 125 Å². The molecule has 1 saturated heterocycles. The van der Waals surface area contributed by atoms with Crippen LogP contribution in [0.5, 0.6) is 11.5 Å². The van der Waals surface area contributed by atoms with Gasteiger partial charge in [-0.25, -0.2) is 9.97 Å². The van der Waals surface area contributed by atoms with Crippen LogP contribution in [-0.4, -0.2) is 39.5 Å². The highest BCUT2D eigenvalue weighted by atomic mass is 35.5. The Morgan fingerprint density at radius 2 is 1.24 bits per heavy atom. The SMILES string of the molecule is Nc1nc(N)c(C(=O)NC2CCC[N+](Cc3ccc(OCc4ccccc4)cc3)(Cc3ccc(OCc4ccccc4)cc3)C2)nc1Cl.[Cl-]. The van der Waals surface area contributed by atoms with Crippen molar-refractivity contribution >= 4 is 29.1 Å². The summed E-state index contributed by atoms with van der Waals surface area (Å²) >= 11 is 6.07. The lowest BCUT2D eigenvalue weighted by Crippen LogP contribution is -3.00. The number of nitrogens with two attached hydrogens (primary N) is 2. The van der Waals surface area contributed by atoms with Crippen molar-refractivity contribution in [1.82, 2.24) is 15.3 Å². The number of nitrogens with zero attached hydrogens (tertiary/aromatic N) is 3. The average Bonchev–Trinajstić information content (AvgIpc) is 3.10. The summed E-state index contributed by atoms with van der Waals surface area (Å²) in [6.07, 6.45) is 1.77. The number of nitrogens with one attached hydrogen (secondary N) is 1. The number of rotatable bonds is 12. The van der Waals surface area contributed by atoms with Crippen LogP contribution >= 0.6 is 11.6 Å². The number of halogens is 2. The summed E-state index contributed by atoms with van der Waals surface area (Å²) in [5, 5.41) is 3.11. The van der Waals surface area contributed by atoms with Gasteiger partial charge in [0.15, 0.2) is 22.5 Å². The third kappa shape index (κ3) is 9.63. The molecule has 254 valence electrons. The van der Waals surface area contributed by atoms with Gasteiger partial charge in [-0.3, -0.25) is 4.79 Å². The lowest BCUT2D eigenvalue weighted by Gasteiger charge is -2.45. The van der Waals surface area contributed by atoms with E-state index in [1.165, 1.54) is 11.1 Å². The molecule has 2 heterocycles. The van der Waals surface area contributed by atoms with E-state index >= 15 is 0 Å². The first kappa shape index (κ1) is 35.5. The van der Waals surface area contributed by atoms with E-state index in [9.17, 15) is 4.79 Å². The first-order valence-corrected chi connectivity index (χ1v) is 16.5. The van der Waals surface area contributed by atoms with Gasteiger partial charge in [0, 0.05) is 11.1 Å². The molecule has 1 aliphatic rings. The normalized spacial score (nSPS) is 15.1. The van der Waals surface area contributed by atoms with Crippen molar-refractivity contribution < 1.29 is 31.2 Å². The predicted molar refractivity (Wildman–Crippen MR) is 188 cm³/mol. The Hall–Kier alpha value is -4.83. The molecule has 5 aromatic rings. The minimum Gasteiger partial charge on any atom is -1.00 e. The standard InChI is InChI=1S/C38H39ClN6O3.ClH/c39-35-37(41)44-36(40)34(43-35)38(46)42-31-12-7-21-45(24-31,22-27-13-17-32(18-14-27)47-25-29-8-3-1-4-9-29)23-28-15-19-33(20-16-28)48-26-30-10-5-2-6-11-30;/h1-6,8-11,13-20,31H,7,12,21-26H2,(H4-,40,41,42,44,46);1H. The summed E-state index contributed by atoms with van der Waals surface area (Å²) in [6, 6.07) is 36.8. The fourth-order valence-corrected chi connectivity index (χ4v) is 6.41. The molecule has 1 unspecified atom stereocenters. The maximum Gasteiger partial charge on any atom is 0.274 e. The number of aromatic nitrogens is 2. The van der Waals surface area contributed by atoms with Crippen LogP contribution in [-0.2, 0) is 26.3 Å². The van der Waals surface area contributed by atoms with Crippen molar-refractivity contribution in [2.24, 2.45) is 0 Å². The van der Waals surface area contributed by atoms with Gasteiger partial charge in [-0.05, 0) is 72.5 Å². The van der Waals surface area contributed by atoms with E-state index in [4.69, 9.17) is 32.5 Å². The van der Waals surface area contributed by atoms with Crippen LogP contribution in [0.4, 0.5) is 11.6 Å². The van der Waals surface area contributed by atoms with Gasteiger partial charge in [0.05, 0.1) is 19.1 Å². The monoisotopic (exact) mass is 698 g/mol. The third-order valence-corrected chi connectivity index (χ3v) is 8.91. The number of likely N-dealkylation sites (tertiary alicyclic amines) is 1. The number of quaternary nitrogens is 1. The summed E-state index contributed by atoms with van der Waals surface area (Å²) < 4.78 is 12.8. The molecule has 6 rings (SSSR count). The van der Waals surface area contributed by atoms with Gasteiger partial charge in [-0.15, -0.1) is 0 Å². The molecule has 1 aliphatic heterocycles. The molecule has 4 aromatic carbocycles. The van der Waals surface area contributed by atoms with Gasteiger partial charge >= 0.3 is 0 Å².